The normalized spacial score (nSPS) is 17.9. The van der Waals surface area contributed by atoms with Crippen molar-refractivity contribution in [3.8, 4) is 33.7 Å². The average Bonchev–Trinajstić information content (AvgIpc) is 3.97. The van der Waals surface area contributed by atoms with Gasteiger partial charge in [0.2, 0.25) is 0 Å². The van der Waals surface area contributed by atoms with Crippen LogP contribution in [0.15, 0.2) is 194 Å². The monoisotopic (exact) mass is 814 g/mol. The fraction of sp³-hybridized carbons (Fsp3) is 0.103. The fourth-order valence-electron chi connectivity index (χ4n) is 10.9. The van der Waals surface area contributed by atoms with Crippen LogP contribution in [0, 0.1) is 0 Å². The van der Waals surface area contributed by atoms with E-state index in [-0.39, 0.29) is 16.9 Å². The second-order valence-electron chi connectivity index (χ2n) is 17.9. The van der Waals surface area contributed by atoms with E-state index in [4.69, 9.17) is 4.74 Å². The molecule has 2 unspecified atom stereocenters. The molecule has 13 rings (SSSR count). The summed E-state index contributed by atoms with van der Waals surface area (Å²) in [7, 11) is 0. The van der Waals surface area contributed by atoms with Gasteiger partial charge in [-0.05, 0) is 101 Å². The molecule has 0 saturated carbocycles. The van der Waals surface area contributed by atoms with Crippen LogP contribution in [-0.4, -0.2) is 4.57 Å². The maximum Gasteiger partial charge on any atom is 0.139 e. The van der Waals surface area contributed by atoms with Gasteiger partial charge in [-0.1, -0.05) is 147 Å². The molecule has 1 aliphatic carbocycles. The van der Waals surface area contributed by atoms with Crippen molar-refractivity contribution in [2.45, 2.75) is 37.7 Å². The Morgan fingerprint density at radius 3 is 1.97 bits per heavy atom. The third-order valence-corrected chi connectivity index (χ3v) is 15.2. The van der Waals surface area contributed by atoms with Crippen LogP contribution in [0.3, 0.4) is 0 Å². The molecule has 0 amide bonds. The molecule has 8 aromatic carbocycles. The zero-order chi connectivity index (χ0) is 41.3. The number of aromatic nitrogens is 1. The van der Waals surface area contributed by atoms with Crippen molar-refractivity contribution in [1.29, 1.82) is 0 Å². The van der Waals surface area contributed by atoms with E-state index in [9.17, 15) is 0 Å². The van der Waals surface area contributed by atoms with Gasteiger partial charge in [0.15, 0.2) is 0 Å². The summed E-state index contributed by atoms with van der Waals surface area (Å²) >= 11 is 1.87. The SMILES string of the molecule is CC1(C)C2=CC3(C)c4ccccc4OC3c3c2n(c2ccccc32)-c2ccc(-c3ccc(N(c4ccc(-c5ccccc5)cc4)c4cccc5c4sc4ccccc45)cc3)cc21. The van der Waals surface area contributed by atoms with Gasteiger partial charge in [0.05, 0.1) is 32.7 Å². The van der Waals surface area contributed by atoms with Gasteiger partial charge >= 0.3 is 0 Å². The molecule has 0 fully saturated rings. The molecule has 2 atom stereocenters. The average molecular weight is 815 g/mol. The lowest BCUT2D eigenvalue weighted by molar-refractivity contribution is 0.182. The minimum absolute atomic E-state index is 0.0906. The number of allylic oxidation sites excluding steroid dienone is 1. The zero-order valence-corrected chi connectivity index (χ0v) is 35.6. The van der Waals surface area contributed by atoms with Gasteiger partial charge in [-0.2, -0.15) is 0 Å². The maximum absolute atomic E-state index is 6.89. The van der Waals surface area contributed by atoms with Crippen molar-refractivity contribution in [3.05, 3.63) is 217 Å². The lowest BCUT2D eigenvalue weighted by Crippen LogP contribution is -2.37. The van der Waals surface area contributed by atoms with Crippen LogP contribution in [0.25, 0.3) is 64.6 Å². The van der Waals surface area contributed by atoms with Crippen LogP contribution < -0.4 is 9.64 Å². The molecule has 0 saturated heterocycles. The van der Waals surface area contributed by atoms with Gasteiger partial charge in [-0.15, -0.1) is 11.3 Å². The van der Waals surface area contributed by atoms with Gasteiger partial charge in [0.1, 0.15) is 11.9 Å². The highest BCUT2D eigenvalue weighted by atomic mass is 32.1. The summed E-state index contributed by atoms with van der Waals surface area (Å²) in [4.78, 5) is 2.43. The quantitative estimate of drug-likeness (QED) is 0.172. The van der Waals surface area contributed by atoms with E-state index in [0.29, 0.717) is 0 Å². The van der Waals surface area contributed by atoms with Crippen molar-refractivity contribution < 1.29 is 4.74 Å². The highest BCUT2D eigenvalue weighted by Crippen LogP contribution is 2.62. The molecule has 0 radical (unpaired) electrons. The number of hydrogen-bond acceptors (Lipinski definition) is 3. The molecule has 62 heavy (non-hydrogen) atoms. The molecule has 2 aliphatic heterocycles. The first-order valence-electron chi connectivity index (χ1n) is 21.6. The molecule has 10 aromatic rings. The molecular formula is C58H42N2OS. The minimum atomic E-state index is -0.288. The largest absolute Gasteiger partial charge is 0.484 e. The first-order valence-corrected chi connectivity index (χ1v) is 22.4. The Balaban J connectivity index is 0.942. The summed E-state index contributed by atoms with van der Waals surface area (Å²) in [6.07, 6.45) is 2.45. The first-order chi connectivity index (χ1) is 30.4. The molecular weight excluding hydrogens is 773 g/mol. The molecule has 0 N–H and O–H groups in total. The first kappa shape index (κ1) is 35.6. The number of anilines is 3. The van der Waals surface area contributed by atoms with Crippen molar-refractivity contribution >= 4 is 65.0 Å². The number of thiophene rings is 1. The van der Waals surface area contributed by atoms with Crippen molar-refractivity contribution in [3.63, 3.8) is 0 Å². The standard InChI is InChI=1S/C58H42N2OS/c1-57(2)46-34-39(28-33-49(46)60-48-20-10-7-17-44(48)53-54(60)47(57)35-58(3)45-19-9-11-22-51(45)61-56(53)58)38-26-31-41(32-27-38)59(40-29-24-37(25-30-40)36-14-5-4-6-15-36)50-21-13-18-43-42-16-8-12-23-52(42)62-55(43)50/h4-35,56H,1-3H3. The highest BCUT2D eigenvalue weighted by Gasteiger charge is 2.53. The predicted octanol–water partition coefficient (Wildman–Crippen LogP) is 15.9. The molecule has 2 aromatic heterocycles. The lowest BCUT2D eigenvalue weighted by atomic mass is 9.63. The van der Waals surface area contributed by atoms with Crippen LogP contribution in [0.1, 0.15) is 49.3 Å². The lowest BCUT2D eigenvalue weighted by Gasteiger charge is -2.43. The van der Waals surface area contributed by atoms with Crippen molar-refractivity contribution in [1.82, 2.24) is 4.57 Å². The number of benzene rings is 8. The summed E-state index contributed by atoms with van der Waals surface area (Å²) in [5, 5.41) is 3.86. The number of fused-ring (bicyclic) bond motifs is 12. The Bertz CT molecular complexity index is 3480. The van der Waals surface area contributed by atoms with E-state index < -0.39 is 0 Å². The predicted molar refractivity (Wildman–Crippen MR) is 260 cm³/mol. The Hall–Kier alpha value is -7.14. The molecule has 4 heterocycles. The van der Waals surface area contributed by atoms with Crippen LogP contribution in [0.5, 0.6) is 5.75 Å². The fourth-order valence-corrected chi connectivity index (χ4v) is 12.1. The van der Waals surface area contributed by atoms with Crippen molar-refractivity contribution in [2.24, 2.45) is 0 Å². The highest BCUT2D eigenvalue weighted by molar-refractivity contribution is 7.26. The van der Waals surface area contributed by atoms with E-state index in [1.54, 1.807) is 0 Å². The zero-order valence-electron chi connectivity index (χ0n) is 34.8. The summed E-state index contributed by atoms with van der Waals surface area (Å²) in [6.45, 7) is 7.20. The number of para-hydroxylation sites is 2. The minimum Gasteiger partial charge on any atom is -0.484 e. The third-order valence-electron chi connectivity index (χ3n) is 14.0. The molecule has 3 aliphatic rings. The second-order valence-corrected chi connectivity index (χ2v) is 18.9. The van der Waals surface area contributed by atoms with Gasteiger partial charge < -0.3 is 14.2 Å². The molecule has 296 valence electrons. The molecule has 0 bridgehead atoms. The van der Waals surface area contributed by atoms with E-state index in [1.807, 2.05) is 11.3 Å². The Labute approximate surface area is 365 Å². The maximum atomic E-state index is 6.89. The van der Waals surface area contributed by atoms with Gasteiger partial charge in [0, 0.05) is 48.8 Å². The number of rotatable bonds is 5. The third kappa shape index (κ3) is 4.93. The van der Waals surface area contributed by atoms with E-state index in [1.165, 1.54) is 92.7 Å². The second kappa shape index (κ2) is 12.9. The van der Waals surface area contributed by atoms with E-state index in [2.05, 4.69) is 224 Å². The van der Waals surface area contributed by atoms with Gasteiger partial charge in [-0.25, -0.2) is 0 Å². The number of hydrogen-bond donors (Lipinski definition) is 0. The van der Waals surface area contributed by atoms with E-state index >= 15 is 0 Å². The summed E-state index contributed by atoms with van der Waals surface area (Å²) < 4.78 is 12.0. The number of nitrogens with zero attached hydrogens (tertiary/aromatic N) is 2. The molecule has 4 heteroatoms. The smallest absolute Gasteiger partial charge is 0.139 e. The van der Waals surface area contributed by atoms with Crippen LogP contribution in [0.2, 0.25) is 0 Å². The van der Waals surface area contributed by atoms with Crippen LogP contribution in [0.4, 0.5) is 17.1 Å². The summed E-state index contributed by atoms with van der Waals surface area (Å²) in [6, 6.07) is 69.0. The topological polar surface area (TPSA) is 17.4 Å². The summed E-state index contributed by atoms with van der Waals surface area (Å²) in [5.41, 5.74) is 16.7. The van der Waals surface area contributed by atoms with Crippen LogP contribution in [-0.2, 0) is 10.8 Å². The Morgan fingerprint density at radius 2 is 1.18 bits per heavy atom. The van der Waals surface area contributed by atoms with E-state index in [0.717, 1.165) is 17.1 Å². The Morgan fingerprint density at radius 1 is 0.548 bits per heavy atom. The van der Waals surface area contributed by atoms with Gasteiger partial charge in [-0.3, -0.25) is 0 Å². The summed E-state index contributed by atoms with van der Waals surface area (Å²) in [5.74, 6) is 0.990. The molecule has 0 spiro atoms. The Kier molecular flexibility index (Phi) is 7.43. The number of ether oxygens (including phenoxy) is 1. The van der Waals surface area contributed by atoms with Crippen LogP contribution >= 0.6 is 11.3 Å². The van der Waals surface area contributed by atoms with Gasteiger partial charge in [0.25, 0.3) is 0 Å². The molecule has 3 nitrogen and oxygen atoms in total. The van der Waals surface area contributed by atoms with Crippen molar-refractivity contribution in [2.75, 3.05) is 4.90 Å².